The number of pyridine rings is 1. The number of halogens is 1. The topological polar surface area (TPSA) is 56.0 Å². The van der Waals surface area contributed by atoms with Gasteiger partial charge in [-0.05, 0) is 104 Å². The Morgan fingerprint density at radius 3 is 2.34 bits per heavy atom. The van der Waals surface area contributed by atoms with Gasteiger partial charge in [0.25, 0.3) is 0 Å². The Hall–Kier alpha value is -1.91. The zero-order valence-electron chi connectivity index (χ0n) is 18.1. The van der Waals surface area contributed by atoms with Crippen molar-refractivity contribution in [3.05, 3.63) is 45.4 Å². The summed E-state index contributed by atoms with van der Waals surface area (Å²) in [4.78, 5) is 20.9. The lowest BCUT2D eigenvalue weighted by molar-refractivity contribution is -0.0350. The van der Waals surface area contributed by atoms with Crippen LogP contribution >= 0.6 is 22.9 Å². The number of Topliss-reactive ketones (excluding diaryl/α,β-unsaturated/α-hetero) is 1. The van der Waals surface area contributed by atoms with Crippen molar-refractivity contribution in [3.63, 3.8) is 0 Å². The normalized spacial score (nSPS) is 30.2. The number of fused-ring (bicyclic) bond motifs is 2. The van der Waals surface area contributed by atoms with Crippen LogP contribution in [0.15, 0.2) is 24.3 Å². The van der Waals surface area contributed by atoms with E-state index in [1.54, 1.807) is 11.3 Å². The monoisotopic (exact) mass is 462 g/mol. The van der Waals surface area contributed by atoms with Gasteiger partial charge in [-0.25, -0.2) is 4.98 Å². The predicted octanol–water partition coefficient (Wildman–Crippen LogP) is 7.09. The minimum Gasteiger partial charge on any atom is -0.397 e. The summed E-state index contributed by atoms with van der Waals surface area (Å²) >= 11 is 7.73. The molecule has 4 fully saturated rings. The molecule has 5 heteroatoms. The molecule has 4 bridgehead atoms. The van der Waals surface area contributed by atoms with Crippen LogP contribution in [0.1, 0.15) is 65.9 Å². The molecule has 164 valence electrons. The van der Waals surface area contributed by atoms with Gasteiger partial charge in [0.05, 0.1) is 10.6 Å². The third kappa shape index (κ3) is 2.72. The smallest absolute Gasteiger partial charge is 0.181 e. The molecule has 5 aliphatic rings. The summed E-state index contributed by atoms with van der Waals surface area (Å²) in [5.41, 5.74) is 12.1. The van der Waals surface area contributed by atoms with Crippen LogP contribution in [0.25, 0.3) is 21.3 Å². The number of hydrogen-bond acceptors (Lipinski definition) is 4. The molecule has 4 saturated carbocycles. The first-order chi connectivity index (χ1) is 15.5. The lowest BCUT2D eigenvalue weighted by Crippen LogP contribution is -2.49. The van der Waals surface area contributed by atoms with Crippen LogP contribution in [0.3, 0.4) is 0 Å². The standard InChI is InChI=1S/C27H27ClN2OS/c28-18-6-4-17(5-7-18)21-19-2-1-3-20(19)30-26-22(21)23(29)24(32-26)25(31)27-11-14-8-15(12-27)10-16(9-14)13-27/h4-7,14-16H,1-3,8-13,29H2. The number of nitrogens with zero attached hydrogens (tertiary/aromatic N) is 1. The van der Waals surface area contributed by atoms with E-state index in [0.717, 1.165) is 82.0 Å². The van der Waals surface area contributed by atoms with Gasteiger partial charge in [-0.3, -0.25) is 4.79 Å². The Kier molecular flexibility index (Phi) is 4.16. The summed E-state index contributed by atoms with van der Waals surface area (Å²) in [6.07, 6.45) is 10.4. The average molecular weight is 463 g/mol. The van der Waals surface area contributed by atoms with Gasteiger partial charge in [0.2, 0.25) is 0 Å². The third-order valence-corrected chi connectivity index (χ3v) is 10.1. The van der Waals surface area contributed by atoms with Crippen molar-refractivity contribution in [1.29, 1.82) is 0 Å². The van der Waals surface area contributed by atoms with Crippen molar-refractivity contribution in [2.45, 2.75) is 57.8 Å². The second kappa shape index (κ2) is 6.80. The third-order valence-electron chi connectivity index (χ3n) is 8.76. The number of carbonyl (C=O) groups is 1. The van der Waals surface area contributed by atoms with E-state index in [0.29, 0.717) is 11.5 Å². The zero-order valence-corrected chi connectivity index (χ0v) is 19.7. The summed E-state index contributed by atoms with van der Waals surface area (Å²) in [6.45, 7) is 0. The highest BCUT2D eigenvalue weighted by atomic mass is 35.5. The van der Waals surface area contributed by atoms with Gasteiger partial charge in [-0.2, -0.15) is 0 Å². The lowest BCUT2D eigenvalue weighted by Gasteiger charge is -2.55. The maximum absolute atomic E-state index is 14.1. The molecule has 2 N–H and O–H groups in total. The molecule has 0 atom stereocenters. The van der Waals surface area contributed by atoms with Crippen molar-refractivity contribution in [2.75, 3.05) is 5.73 Å². The van der Waals surface area contributed by atoms with Crippen LogP contribution in [-0.2, 0) is 12.8 Å². The first-order valence-corrected chi connectivity index (χ1v) is 13.2. The predicted molar refractivity (Wildman–Crippen MR) is 131 cm³/mol. The maximum atomic E-state index is 14.1. The van der Waals surface area contributed by atoms with Gasteiger partial charge in [-0.15, -0.1) is 11.3 Å². The molecule has 32 heavy (non-hydrogen) atoms. The molecule has 0 unspecified atom stereocenters. The van der Waals surface area contributed by atoms with Crippen LogP contribution in [0.2, 0.25) is 5.02 Å². The summed E-state index contributed by atoms with van der Waals surface area (Å²) in [7, 11) is 0. The highest BCUT2D eigenvalue weighted by molar-refractivity contribution is 7.21. The number of aryl methyl sites for hydroxylation is 1. The summed E-state index contributed by atoms with van der Waals surface area (Å²) in [5.74, 6) is 2.55. The Labute approximate surface area is 197 Å². The van der Waals surface area contributed by atoms with Crippen LogP contribution < -0.4 is 5.73 Å². The van der Waals surface area contributed by atoms with Gasteiger partial charge in [-0.1, -0.05) is 23.7 Å². The van der Waals surface area contributed by atoms with E-state index < -0.39 is 0 Å². The number of anilines is 1. The Balaban J connectivity index is 1.41. The molecule has 0 spiro atoms. The zero-order chi connectivity index (χ0) is 21.6. The molecule has 0 aliphatic heterocycles. The molecule has 5 aliphatic carbocycles. The van der Waals surface area contributed by atoms with Crippen molar-refractivity contribution < 1.29 is 4.79 Å². The van der Waals surface area contributed by atoms with Crippen molar-refractivity contribution in [3.8, 4) is 11.1 Å². The van der Waals surface area contributed by atoms with Crippen LogP contribution in [0.4, 0.5) is 5.69 Å². The number of rotatable bonds is 3. The van der Waals surface area contributed by atoms with E-state index in [1.807, 2.05) is 12.1 Å². The highest BCUT2D eigenvalue weighted by Gasteiger charge is 2.55. The maximum Gasteiger partial charge on any atom is 0.181 e. The minimum atomic E-state index is -0.174. The lowest BCUT2D eigenvalue weighted by atomic mass is 9.48. The number of benzene rings is 1. The fraction of sp³-hybridized carbons (Fsp3) is 0.481. The summed E-state index contributed by atoms with van der Waals surface area (Å²) in [6, 6.07) is 8.03. The summed E-state index contributed by atoms with van der Waals surface area (Å²) in [5, 5.41) is 1.72. The number of hydrogen-bond donors (Lipinski definition) is 1. The highest BCUT2D eigenvalue weighted by Crippen LogP contribution is 2.61. The van der Waals surface area contributed by atoms with Crippen LogP contribution in [-0.4, -0.2) is 10.8 Å². The largest absolute Gasteiger partial charge is 0.397 e. The van der Waals surface area contributed by atoms with E-state index in [-0.39, 0.29) is 5.41 Å². The number of nitrogens with two attached hydrogens (primary N) is 1. The van der Waals surface area contributed by atoms with E-state index in [2.05, 4.69) is 12.1 Å². The SMILES string of the molecule is Nc1c(C(=O)C23CC4CC(CC(C4)C2)C3)sc2nc3c(c(-c4ccc(Cl)cc4)c12)CCC3. The number of ketones is 1. The molecule has 1 aromatic carbocycles. The van der Waals surface area contributed by atoms with Gasteiger partial charge in [0.15, 0.2) is 5.78 Å². The Morgan fingerprint density at radius 2 is 1.69 bits per heavy atom. The fourth-order valence-corrected chi connectivity index (χ4v) is 9.19. The Morgan fingerprint density at radius 1 is 1.03 bits per heavy atom. The molecule has 0 amide bonds. The molecule has 0 saturated heterocycles. The first-order valence-electron chi connectivity index (χ1n) is 12.1. The minimum absolute atomic E-state index is 0.174. The fourth-order valence-electron chi connectivity index (χ4n) is 7.88. The van der Waals surface area contributed by atoms with Gasteiger partial charge < -0.3 is 5.73 Å². The quantitative estimate of drug-likeness (QED) is 0.423. The average Bonchev–Trinajstić information content (AvgIpc) is 3.36. The molecule has 0 radical (unpaired) electrons. The van der Waals surface area contributed by atoms with Crippen molar-refractivity contribution in [1.82, 2.24) is 4.98 Å². The van der Waals surface area contributed by atoms with Crippen molar-refractivity contribution in [2.24, 2.45) is 23.2 Å². The second-order valence-corrected chi connectivity index (χ2v) is 12.3. The Bertz CT molecular complexity index is 1240. The van der Waals surface area contributed by atoms with Gasteiger partial charge in [0.1, 0.15) is 4.83 Å². The number of thiophene rings is 1. The molecular formula is C27H27ClN2OS. The van der Waals surface area contributed by atoms with E-state index in [9.17, 15) is 4.79 Å². The number of aromatic nitrogens is 1. The molecule has 2 heterocycles. The van der Waals surface area contributed by atoms with E-state index in [4.69, 9.17) is 22.3 Å². The first kappa shape index (κ1) is 19.5. The van der Waals surface area contributed by atoms with Crippen molar-refractivity contribution >= 4 is 44.6 Å². The second-order valence-electron chi connectivity index (χ2n) is 10.8. The molecule has 8 rings (SSSR count). The van der Waals surface area contributed by atoms with E-state index in [1.165, 1.54) is 36.1 Å². The van der Waals surface area contributed by atoms with Crippen LogP contribution in [0, 0.1) is 23.2 Å². The molecule has 3 nitrogen and oxygen atoms in total. The van der Waals surface area contributed by atoms with Gasteiger partial charge in [0, 0.05) is 21.5 Å². The van der Waals surface area contributed by atoms with Gasteiger partial charge >= 0.3 is 0 Å². The molecular weight excluding hydrogens is 436 g/mol. The molecule has 2 aromatic heterocycles. The van der Waals surface area contributed by atoms with E-state index >= 15 is 0 Å². The van der Waals surface area contributed by atoms with Crippen LogP contribution in [0.5, 0.6) is 0 Å². The number of carbonyl (C=O) groups excluding carboxylic acids is 1. The summed E-state index contributed by atoms with van der Waals surface area (Å²) < 4.78 is 0. The molecule has 3 aromatic rings. The number of nitrogen functional groups attached to an aromatic ring is 1.